The lowest BCUT2D eigenvalue weighted by atomic mass is 10.2. The van der Waals surface area contributed by atoms with Gasteiger partial charge in [0.05, 0.1) is 16.1 Å². The second-order valence-corrected chi connectivity index (χ2v) is 7.96. The third-order valence-corrected chi connectivity index (χ3v) is 5.96. The van der Waals surface area contributed by atoms with E-state index >= 15 is 0 Å². The number of halogens is 1. The topological polar surface area (TPSA) is 79.4 Å². The van der Waals surface area contributed by atoms with Gasteiger partial charge in [0.15, 0.2) is 0 Å². The van der Waals surface area contributed by atoms with Crippen molar-refractivity contribution in [2.24, 2.45) is 0 Å². The van der Waals surface area contributed by atoms with E-state index in [2.05, 4.69) is 10.3 Å². The SMILES string of the molecule is CN(c1ccccc1)S(=O)(=O)c1cccc(NC(=O)c2cccnc2Cl)c1. The van der Waals surface area contributed by atoms with E-state index in [0.717, 1.165) is 0 Å². The Balaban J connectivity index is 1.87. The summed E-state index contributed by atoms with van der Waals surface area (Å²) in [7, 11) is -2.30. The molecular weight excluding hydrogens is 386 g/mol. The maximum atomic E-state index is 12.9. The number of aromatic nitrogens is 1. The van der Waals surface area contributed by atoms with Crippen molar-refractivity contribution < 1.29 is 13.2 Å². The fourth-order valence-corrected chi connectivity index (χ4v) is 3.87. The standard InChI is InChI=1S/C19H16ClN3O3S/c1-23(15-8-3-2-4-9-15)27(25,26)16-10-5-7-14(13-16)22-19(24)17-11-6-12-21-18(17)20/h2-13H,1H3,(H,22,24). The van der Waals surface area contributed by atoms with Crippen LogP contribution in [0.5, 0.6) is 0 Å². The molecule has 138 valence electrons. The number of hydrogen-bond acceptors (Lipinski definition) is 4. The molecule has 0 aliphatic rings. The number of rotatable bonds is 5. The van der Waals surface area contributed by atoms with E-state index < -0.39 is 15.9 Å². The Hall–Kier alpha value is -2.90. The highest BCUT2D eigenvalue weighted by Crippen LogP contribution is 2.24. The molecule has 1 aromatic heterocycles. The summed E-state index contributed by atoms with van der Waals surface area (Å²) in [4.78, 5) is 16.3. The van der Waals surface area contributed by atoms with E-state index in [1.54, 1.807) is 42.5 Å². The second-order valence-electron chi connectivity index (χ2n) is 5.63. The van der Waals surface area contributed by atoms with E-state index in [1.807, 2.05) is 6.07 Å². The quantitative estimate of drug-likeness (QED) is 0.659. The Bertz CT molecular complexity index is 1070. The van der Waals surface area contributed by atoms with Gasteiger partial charge < -0.3 is 5.32 Å². The molecule has 0 aliphatic carbocycles. The lowest BCUT2D eigenvalue weighted by Gasteiger charge is -2.20. The van der Waals surface area contributed by atoms with Crippen molar-refractivity contribution in [3.63, 3.8) is 0 Å². The number of amides is 1. The number of sulfonamides is 1. The highest BCUT2D eigenvalue weighted by Gasteiger charge is 2.22. The first-order valence-corrected chi connectivity index (χ1v) is 9.77. The molecule has 27 heavy (non-hydrogen) atoms. The maximum absolute atomic E-state index is 12.9. The molecule has 0 atom stereocenters. The van der Waals surface area contributed by atoms with Gasteiger partial charge in [0, 0.05) is 18.9 Å². The van der Waals surface area contributed by atoms with Gasteiger partial charge in [0.2, 0.25) is 0 Å². The Labute approximate surface area is 162 Å². The zero-order chi connectivity index (χ0) is 19.4. The van der Waals surface area contributed by atoms with E-state index in [-0.39, 0.29) is 15.6 Å². The number of nitrogens with zero attached hydrogens (tertiary/aromatic N) is 2. The number of carbonyl (C=O) groups is 1. The van der Waals surface area contributed by atoms with Gasteiger partial charge in [-0.25, -0.2) is 13.4 Å². The van der Waals surface area contributed by atoms with Crippen molar-refractivity contribution >= 4 is 38.9 Å². The van der Waals surface area contributed by atoms with Crippen LogP contribution in [0.2, 0.25) is 5.15 Å². The van der Waals surface area contributed by atoms with Gasteiger partial charge in [0.25, 0.3) is 15.9 Å². The van der Waals surface area contributed by atoms with Crippen LogP contribution in [0.1, 0.15) is 10.4 Å². The van der Waals surface area contributed by atoms with Gasteiger partial charge in [-0.15, -0.1) is 0 Å². The summed E-state index contributed by atoms with van der Waals surface area (Å²) in [5, 5.41) is 2.72. The summed E-state index contributed by atoms with van der Waals surface area (Å²) in [6, 6.07) is 17.9. The average Bonchev–Trinajstić information content (AvgIpc) is 2.68. The van der Waals surface area contributed by atoms with Gasteiger partial charge >= 0.3 is 0 Å². The predicted octanol–water partition coefficient (Wildman–Crippen LogP) is 3.81. The molecule has 1 N–H and O–H groups in total. The zero-order valence-corrected chi connectivity index (χ0v) is 15.9. The largest absolute Gasteiger partial charge is 0.322 e. The molecule has 2 aromatic carbocycles. The van der Waals surface area contributed by atoms with Gasteiger partial charge in [-0.2, -0.15) is 0 Å². The smallest absolute Gasteiger partial charge is 0.264 e. The predicted molar refractivity (Wildman–Crippen MR) is 106 cm³/mol. The number of carbonyl (C=O) groups excluding carboxylic acids is 1. The van der Waals surface area contributed by atoms with Gasteiger partial charge in [-0.1, -0.05) is 35.9 Å². The first kappa shape index (κ1) is 18.9. The average molecular weight is 402 g/mol. The van der Waals surface area contributed by atoms with Gasteiger partial charge in [-0.05, 0) is 42.5 Å². The van der Waals surface area contributed by atoms with E-state index in [1.165, 1.54) is 35.7 Å². The van der Waals surface area contributed by atoms with Crippen molar-refractivity contribution in [2.75, 3.05) is 16.7 Å². The Morgan fingerprint density at radius 3 is 2.48 bits per heavy atom. The van der Waals surface area contributed by atoms with Crippen molar-refractivity contribution in [2.45, 2.75) is 4.90 Å². The van der Waals surface area contributed by atoms with Crippen LogP contribution in [0, 0.1) is 0 Å². The molecule has 0 radical (unpaired) electrons. The highest BCUT2D eigenvalue weighted by atomic mass is 35.5. The number of pyridine rings is 1. The molecule has 3 aromatic rings. The van der Waals surface area contributed by atoms with E-state index in [4.69, 9.17) is 11.6 Å². The molecule has 0 unspecified atom stereocenters. The maximum Gasteiger partial charge on any atom is 0.264 e. The van der Waals surface area contributed by atoms with E-state index in [0.29, 0.717) is 11.4 Å². The fourth-order valence-electron chi connectivity index (χ4n) is 2.42. The molecule has 0 fully saturated rings. The number of anilines is 2. The monoisotopic (exact) mass is 401 g/mol. The molecule has 3 rings (SSSR count). The van der Waals surface area contributed by atoms with Gasteiger partial charge in [0.1, 0.15) is 5.15 Å². The molecule has 1 amide bonds. The van der Waals surface area contributed by atoms with Crippen LogP contribution in [0.3, 0.4) is 0 Å². The highest BCUT2D eigenvalue weighted by molar-refractivity contribution is 7.92. The molecule has 0 saturated heterocycles. The number of nitrogens with one attached hydrogen (secondary N) is 1. The first-order chi connectivity index (χ1) is 12.9. The molecular formula is C19H16ClN3O3S. The fraction of sp³-hybridized carbons (Fsp3) is 0.0526. The lowest BCUT2D eigenvalue weighted by molar-refractivity contribution is 0.102. The van der Waals surface area contributed by atoms with Crippen LogP contribution in [-0.2, 0) is 10.0 Å². The minimum absolute atomic E-state index is 0.0592. The third-order valence-electron chi connectivity index (χ3n) is 3.87. The van der Waals surface area contributed by atoms with Crippen LogP contribution in [0.4, 0.5) is 11.4 Å². The third kappa shape index (κ3) is 4.10. The minimum atomic E-state index is -3.78. The summed E-state index contributed by atoms with van der Waals surface area (Å²) in [6.45, 7) is 0. The first-order valence-electron chi connectivity index (χ1n) is 7.95. The molecule has 6 nitrogen and oxygen atoms in total. The molecule has 0 saturated carbocycles. The van der Waals surface area contributed by atoms with Crippen LogP contribution in [-0.4, -0.2) is 26.4 Å². The van der Waals surface area contributed by atoms with Crippen molar-refractivity contribution in [3.05, 3.63) is 83.6 Å². The van der Waals surface area contributed by atoms with Crippen molar-refractivity contribution in [3.8, 4) is 0 Å². The Morgan fingerprint density at radius 2 is 1.78 bits per heavy atom. The van der Waals surface area contributed by atoms with Crippen LogP contribution in [0.15, 0.2) is 77.8 Å². The number of benzene rings is 2. The number of para-hydroxylation sites is 1. The molecule has 8 heteroatoms. The molecule has 1 heterocycles. The Kier molecular flexibility index (Phi) is 5.43. The minimum Gasteiger partial charge on any atom is -0.322 e. The summed E-state index contributed by atoms with van der Waals surface area (Å²) >= 11 is 5.92. The van der Waals surface area contributed by atoms with Gasteiger partial charge in [-0.3, -0.25) is 9.10 Å². The summed E-state index contributed by atoms with van der Waals surface area (Å²) < 4.78 is 26.9. The molecule has 0 aliphatic heterocycles. The van der Waals surface area contributed by atoms with Crippen LogP contribution in [0.25, 0.3) is 0 Å². The zero-order valence-electron chi connectivity index (χ0n) is 14.3. The van der Waals surface area contributed by atoms with Crippen LogP contribution >= 0.6 is 11.6 Å². The lowest BCUT2D eigenvalue weighted by Crippen LogP contribution is -2.26. The number of hydrogen-bond donors (Lipinski definition) is 1. The summed E-state index contributed by atoms with van der Waals surface area (Å²) in [5.41, 5.74) is 1.07. The molecule has 0 spiro atoms. The second kappa shape index (κ2) is 7.77. The normalized spacial score (nSPS) is 11.0. The van der Waals surface area contributed by atoms with Crippen LogP contribution < -0.4 is 9.62 Å². The van der Waals surface area contributed by atoms with E-state index in [9.17, 15) is 13.2 Å². The van der Waals surface area contributed by atoms with Crippen molar-refractivity contribution in [1.82, 2.24) is 4.98 Å². The molecule has 0 bridgehead atoms. The summed E-state index contributed by atoms with van der Waals surface area (Å²) in [6.07, 6.45) is 1.48. The summed E-state index contributed by atoms with van der Waals surface area (Å²) in [5.74, 6) is -0.473. The Morgan fingerprint density at radius 1 is 1.04 bits per heavy atom. The van der Waals surface area contributed by atoms with Crippen molar-refractivity contribution in [1.29, 1.82) is 0 Å².